The maximum Gasteiger partial charge on any atom is 0.161 e. The molecule has 10 rings (SSSR count). The Hall–Kier alpha value is -6.85. The third-order valence-electron chi connectivity index (χ3n) is 10.3. The van der Waals surface area contributed by atoms with Gasteiger partial charge in [0.05, 0.1) is 45.4 Å². The van der Waals surface area contributed by atoms with Crippen LogP contribution in [0.3, 0.4) is 0 Å². The van der Waals surface area contributed by atoms with Gasteiger partial charge in [-0.1, -0.05) is 121 Å². The molecule has 4 heterocycles. The third kappa shape index (κ3) is 5.45. The molecule has 0 unspecified atom stereocenters. The molecule has 0 saturated carbocycles. The Bertz CT molecular complexity index is 2890. The number of aromatic nitrogens is 3. The van der Waals surface area contributed by atoms with Crippen LogP contribution in [0, 0.1) is 0 Å². The first-order chi connectivity index (χ1) is 26.3. The monoisotopic (exact) mass is 681 g/mol. The molecule has 0 radical (unpaired) electrons. The van der Waals surface area contributed by atoms with E-state index < -0.39 is 0 Å². The van der Waals surface area contributed by atoms with Crippen molar-refractivity contribution in [1.29, 1.82) is 0 Å². The van der Waals surface area contributed by atoms with Crippen molar-refractivity contribution >= 4 is 60.9 Å². The average molecular weight is 682 g/mol. The highest BCUT2D eigenvalue weighted by Gasteiger charge is 2.20. The van der Waals surface area contributed by atoms with Crippen molar-refractivity contribution in [3.63, 3.8) is 0 Å². The van der Waals surface area contributed by atoms with Gasteiger partial charge in [0.2, 0.25) is 0 Å². The van der Waals surface area contributed by atoms with Gasteiger partial charge in [-0.3, -0.25) is 4.98 Å². The molecule has 0 amide bonds. The van der Waals surface area contributed by atoms with Gasteiger partial charge in [-0.05, 0) is 72.9 Å². The van der Waals surface area contributed by atoms with Gasteiger partial charge in [0, 0.05) is 39.0 Å². The molecular weight excluding hydrogens is 647 g/mol. The Labute approximate surface area is 307 Å². The molecule has 1 aliphatic rings. The Kier molecular flexibility index (Phi) is 7.61. The van der Waals surface area contributed by atoms with Gasteiger partial charge in [0.1, 0.15) is 0 Å². The summed E-state index contributed by atoms with van der Waals surface area (Å²) >= 11 is 0. The van der Waals surface area contributed by atoms with Crippen molar-refractivity contribution in [2.45, 2.75) is 19.3 Å². The molecule has 6 aromatic carbocycles. The summed E-state index contributed by atoms with van der Waals surface area (Å²) in [6.45, 7) is 0. The van der Waals surface area contributed by atoms with Crippen LogP contribution in [0.15, 0.2) is 186 Å². The predicted octanol–water partition coefficient (Wildman–Crippen LogP) is 11.7. The summed E-state index contributed by atoms with van der Waals surface area (Å²) in [5, 5.41) is 4.87. The van der Waals surface area contributed by atoms with Gasteiger partial charge in [-0.15, -0.1) is 0 Å². The summed E-state index contributed by atoms with van der Waals surface area (Å²) in [6.07, 6.45) is 8.86. The molecule has 0 spiro atoms. The minimum atomic E-state index is 0.655. The summed E-state index contributed by atoms with van der Waals surface area (Å²) < 4.78 is 4.73. The fraction of sp³-hybridized carbons (Fsp3) is 0.0625. The Morgan fingerprint density at radius 1 is 0.434 bits per heavy atom. The number of hydrogen-bond acceptors (Lipinski definition) is 3. The van der Waals surface area contributed by atoms with E-state index in [1.54, 1.807) is 0 Å². The molecule has 0 N–H and O–H groups in total. The Morgan fingerprint density at radius 2 is 1.02 bits per heavy atom. The van der Waals surface area contributed by atoms with Crippen LogP contribution in [0.25, 0.3) is 60.7 Å². The zero-order valence-corrected chi connectivity index (χ0v) is 29.1. The van der Waals surface area contributed by atoms with Gasteiger partial charge < -0.3 is 9.13 Å². The lowest BCUT2D eigenvalue weighted by Gasteiger charge is -2.12. The minimum Gasteiger partial charge on any atom is -0.309 e. The lowest BCUT2D eigenvalue weighted by molar-refractivity contribution is 0.896. The molecule has 1 aliphatic heterocycles. The number of benzene rings is 6. The van der Waals surface area contributed by atoms with E-state index in [1.807, 2.05) is 18.5 Å². The van der Waals surface area contributed by atoms with Crippen LogP contribution in [-0.2, 0) is 0 Å². The summed E-state index contributed by atoms with van der Waals surface area (Å²) in [6, 6.07) is 55.8. The van der Waals surface area contributed by atoms with Gasteiger partial charge in [0.25, 0.3) is 0 Å². The first-order valence-corrected chi connectivity index (χ1v) is 18.2. The van der Waals surface area contributed by atoms with Crippen LogP contribution in [-0.4, -0.2) is 25.7 Å². The molecule has 9 aromatic rings. The van der Waals surface area contributed by atoms with E-state index in [0.717, 1.165) is 75.3 Å². The number of para-hydroxylation sites is 3. The van der Waals surface area contributed by atoms with E-state index in [9.17, 15) is 0 Å². The van der Waals surface area contributed by atoms with Gasteiger partial charge in [-0.2, -0.15) is 0 Å². The summed E-state index contributed by atoms with van der Waals surface area (Å²) in [5.41, 5.74) is 11.7. The lowest BCUT2D eigenvalue weighted by Crippen LogP contribution is -2.08. The topological polar surface area (TPSA) is 47.5 Å². The fourth-order valence-electron chi connectivity index (χ4n) is 7.87. The largest absolute Gasteiger partial charge is 0.309 e. The minimum absolute atomic E-state index is 0.655. The van der Waals surface area contributed by atoms with E-state index >= 15 is 0 Å². The smallest absolute Gasteiger partial charge is 0.161 e. The number of hydrogen-bond donors (Lipinski definition) is 0. The Morgan fingerprint density at radius 3 is 1.70 bits per heavy atom. The number of rotatable bonds is 5. The first kappa shape index (κ1) is 30.9. The van der Waals surface area contributed by atoms with Crippen molar-refractivity contribution in [2.75, 3.05) is 0 Å². The lowest BCUT2D eigenvalue weighted by atomic mass is 10.0. The highest BCUT2D eigenvalue weighted by atomic mass is 15.0. The molecule has 3 aromatic heterocycles. The van der Waals surface area contributed by atoms with Crippen LogP contribution in [0.5, 0.6) is 0 Å². The maximum atomic E-state index is 5.34. The standard InChI is InChI=1S/C48H35N5/c1-4-16-33(17-5-1)42-24-12-13-25-43(34-18-6-2-7-19-34)51-48(50-42)35-28-37(32-49-31-35)53-45-27-15-11-23-39(45)41-29-40-38-22-10-14-26-44(38)52(46(40)30-47(41)53)36-20-8-3-9-21-36/h1-11,14-24,26-32H,12-13,25H2. The number of allylic oxidation sites excluding steroid dienone is 1. The van der Waals surface area contributed by atoms with Crippen LogP contribution >= 0.6 is 0 Å². The second-order valence-electron chi connectivity index (χ2n) is 13.6. The number of amidine groups is 1. The fourth-order valence-corrected chi connectivity index (χ4v) is 7.87. The van der Waals surface area contributed by atoms with E-state index in [-0.39, 0.29) is 0 Å². The molecule has 53 heavy (non-hydrogen) atoms. The van der Waals surface area contributed by atoms with Crippen molar-refractivity contribution < 1.29 is 0 Å². The van der Waals surface area contributed by atoms with Gasteiger partial charge >= 0.3 is 0 Å². The first-order valence-electron chi connectivity index (χ1n) is 18.2. The highest BCUT2D eigenvalue weighted by molar-refractivity contribution is 6.19. The third-order valence-corrected chi connectivity index (χ3v) is 10.3. The molecule has 5 heteroatoms. The molecule has 0 bridgehead atoms. The van der Waals surface area contributed by atoms with Crippen molar-refractivity contribution in [1.82, 2.24) is 14.1 Å². The van der Waals surface area contributed by atoms with Crippen molar-refractivity contribution in [2.24, 2.45) is 9.98 Å². The van der Waals surface area contributed by atoms with E-state index in [2.05, 4.69) is 167 Å². The predicted molar refractivity (Wildman–Crippen MR) is 221 cm³/mol. The highest BCUT2D eigenvalue weighted by Crippen LogP contribution is 2.39. The average Bonchev–Trinajstić information content (AvgIpc) is 3.76. The molecule has 0 aliphatic carbocycles. The SMILES string of the molecule is C1=C(c2ccccc2)N=C(c2cncc(-n3c4ccccc4c4cc5c6ccccc6n(-c6ccccc6)c5cc43)c2)N=C(c2ccccc2)CCC1. The van der Waals surface area contributed by atoms with Crippen LogP contribution in [0.1, 0.15) is 36.0 Å². The zero-order valence-electron chi connectivity index (χ0n) is 29.1. The molecule has 0 saturated heterocycles. The normalized spacial score (nSPS) is 13.8. The molecule has 0 atom stereocenters. The van der Waals surface area contributed by atoms with Crippen LogP contribution in [0.2, 0.25) is 0 Å². The molecule has 0 fully saturated rings. The van der Waals surface area contributed by atoms with Crippen LogP contribution < -0.4 is 0 Å². The van der Waals surface area contributed by atoms with Crippen molar-refractivity contribution in [3.8, 4) is 11.4 Å². The quantitative estimate of drug-likeness (QED) is 0.178. The number of aliphatic imine (C=N–C) groups is 2. The van der Waals surface area contributed by atoms with Gasteiger partial charge in [-0.25, -0.2) is 9.98 Å². The van der Waals surface area contributed by atoms with E-state index in [4.69, 9.17) is 15.0 Å². The van der Waals surface area contributed by atoms with Crippen molar-refractivity contribution in [3.05, 3.63) is 193 Å². The van der Waals surface area contributed by atoms with Gasteiger partial charge in [0.15, 0.2) is 5.84 Å². The number of fused-ring (bicyclic) bond motifs is 6. The number of nitrogens with zero attached hydrogens (tertiary/aromatic N) is 5. The molecular formula is C48H35N5. The van der Waals surface area contributed by atoms with E-state index in [0.29, 0.717) is 5.84 Å². The number of pyridine rings is 1. The second kappa shape index (κ2) is 13.0. The Balaban J connectivity index is 1.21. The summed E-state index contributed by atoms with van der Waals surface area (Å²) in [5.74, 6) is 0.655. The maximum absolute atomic E-state index is 5.34. The summed E-state index contributed by atoms with van der Waals surface area (Å²) in [7, 11) is 0. The summed E-state index contributed by atoms with van der Waals surface area (Å²) in [4.78, 5) is 15.5. The second-order valence-corrected chi connectivity index (χ2v) is 13.6. The zero-order chi connectivity index (χ0) is 35.1. The molecule has 5 nitrogen and oxygen atoms in total. The molecule has 252 valence electrons. The van der Waals surface area contributed by atoms with Crippen LogP contribution in [0.4, 0.5) is 0 Å². The van der Waals surface area contributed by atoms with E-state index in [1.165, 1.54) is 27.1 Å².